The van der Waals surface area contributed by atoms with E-state index in [4.69, 9.17) is 4.74 Å². The summed E-state index contributed by atoms with van der Waals surface area (Å²) in [6, 6.07) is 9.01. The van der Waals surface area contributed by atoms with Gasteiger partial charge in [-0.3, -0.25) is 9.78 Å². The predicted octanol–water partition coefficient (Wildman–Crippen LogP) is 1.99. The molecule has 0 spiro atoms. The van der Waals surface area contributed by atoms with Crippen LogP contribution in [0.2, 0.25) is 0 Å². The number of fused-ring (bicyclic) bond motifs is 1. The SMILES string of the molecule is COc1ccc2c(=O)[nH]nc(-c3cccnc3)c2c1. The van der Waals surface area contributed by atoms with Gasteiger partial charge in [-0.05, 0) is 30.3 Å². The van der Waals surface area contributed by atoms with Crippen LogP contribution in [-0.4, -0.2) is 22.3 Å². The maximum absolute atomic E-state index is 11.8. The molecule has 1 N–H and O–H groups in total. The van der Waals surface area contributed by atoms with E-state index in [2.05, 4.69) is 15.2 Å². The molecule has 0 aliphatic carbocycles. The fraction of sp³-hybridized carbons (Fsp3) is 0.0714. The van der Waals surface area contributed by atoms with Gasteiger partial charge < -0.3 is 4.74 Å². The highest BCUT2D eigenvalue weighted by atomic mass is 16.5. The molecule has 1 aromatic carbocycles. The molecule has 94 valence electrons. The lowest BCUT2D eigenvalue weighted by molar-refractivity contribution is 0.415. The zero-order valence-corrected chi connectivity index (χ0v) is 10.3. The minimum Gasteiger partial charge on any atom is -0.497 e. The van der Waals surface area contributed by atoms with Gasteiger partial charge in [-0.1, -0.05) is 0 Å². The molecule has 2 heterocycles. The van der Waals surface area contributed by atoms with Gasteiger partial charge in [0, 0.05) is 23.3 Å². The summed E-state index contributed by atoms with van der Waals surface area (Å²) in [5, 5.41) is 7.95. The number of hydrogen-bond donors (Lipinski definition) is 1. The Morgan fingerprint density at radius 2 is 2.11 bits per heavy atom. The van der Waals surface area contributed by atoms with Crippen LogP contribution >= 0.6 is 0 Å². The van der Waals surface area contributed by atoms with Gasteiger partial charge in [-0.2, -0.15) is 5.10 Å². The zero-order chi connectivity index (χ0) is 13.2. The Balaban J connectivity index is 2.36. The molecule has 0 atom stereocenters. The lowest BCUT2D eigenvalue weighted by Crippen LogP contribution is -2.09. The molecule has 0 saturated heterocycles. The highest BCUT2D eigenvalue weighted by molar-refractivity contribution is 5.94. The van der Waals surface area contributed by atoms with Crippen LogP contribution in [0.4, 0.5) is 0 Å². The maximum atomic E-state index is 11.8. The summed E-state index contributed by atoms with van der Waals surface area (Å²) in [5.74, 6) is 0.685. The molecule has 0 saturated carbocycles. The van der Waals surface area contributed by atoms with E-state index >= 15 is 0 Å². The number of pyridine rings is 1. The molecule has 0 aliphatic heterocycles. The molecule has 2 aromatic heterocycles. The van der Waals surface area contributed by atoms with Crippen molar-refractivity contribution in [2.45, 2.75) is 0 Å². The molecule has 0 fully saturated rings. The number of nitrogens with one attached hydrogen (secondary N) is 1. The Morgan fingerprint density at radius 3 is 2.84 bits per heavy atom. The summed E-state index contributed by atoms with van der Waals surface area (Å²) in [7, 11) is 1.59. The summed E-state index contributed by atoms with van der Waals surface area (Å²) in [4.78, 5) is 15.9. The van der Waals surface area contributed by atoms with Gasteiger partial charge in [-0.25, -0.2) is 5.10 Å². The minimum absolute atomic E-state index is 0.217. The number of nitrogens with zero attached hydrogens (tertiary/aromatic N) is 2. The summed E-state index contributed by atoms with van der Waals surface area (Å²) in [6.45, 7) is 0. The second-order valence-corrected chi connectivity index (χ2v) is 4.05. The topological polar surface area (TPSA) is 67.9 Å². The molecule has 0 aliphatic rings. The summed E-state index contributed by atoms with van der Waals surface area (Å²) >= 11 is 0. The summed E-state index contributed by atoms with van der Waals surface area (Å²) < 4.78 is 5.20. The second-order valence-electron chi connectivity index (χ2n) is 4.05. The van der Waals surface area contributed by atoms with Crippen molar-refractivity contribution in [1.29, 1.82) is 0 Å². The Hall–Kier alpha value is -2.69. The Labute approximate surface area is 108 Å². The normalized spacial score (nSPS) is 10.6. The fourth-order valence-electron chi connectivity index (χ4n) is 1.99. The molecule has 0 radical (unpaired) electrons. The van der Waals surface area contributed by atoms with E-state index in [9.17, 15) is 4.79 Å². The third-order valence-corrected chi connectivity index (χ3v) is 2.93. The van der Waals surface area contributed by atoms with Crippen molar-refractivity contribution >= 4 is 10.8 Å². The first-order chi connectivity index (χ1) is 9.29. The monoisotopic (exact) mass is 253 g/mol. The van der Waals surface area contributed by atoms with Crippen LogP contribution < -0.4 is 10.3 Å². The van der Waals surface area contributed by atoms with Crippen molar-refractivity contribution in [3.63, 3.8) is 0 Å². The average molecular weight is 253 g/mol. The number of hydrogen-bond acceptors (Lipinski definition) is 4. The highest BCUT2D eigenvalue weighted by Crippen LogP contribution is 2.26. The van der Waals surface area contributed by atoms with E-state index in [-0.39, 0.29) is 5.56 Å². The van der Waals surface area contributed by atoms with E-state index in [1.165, 1.54) is 0 Å². The molecule has 5 heteroatoms. The molecule has 19 heavy (non-hydrogen) atoms. The first kappa shape index (κ1) is 11.4. The Bertz CT molecular complexity index is 782. The molecular weight excluding hydrogens is 242 g/mol. The van der Waals surface area contributed by atoms with E-state index in [1.807, 2.05) is 12.1 Å². The standard InChI is InChI=1S/C14H11N3O2/c1-19-10-4-5-11-12(7-10)13(16-17-14(11)18)9-3-2-6-15-8-9/h2-8H,1H3,(H,17,18). The van der Waals surface area contributed by atoms with Crippen LogP contribution in [0.25, 0.3) is 22.0 Å². The number of aromatic nitrogens is 3. The summed E-state index contributed by atoms with van der Waals surface area (Å²) in [6.07, 6.45) is 3.40. The molecule has 0 unspecified atom stereocenters. The largest absolute Gasteiger partial charge is 0.497 e. The predicted molar refractivity (Wildman–Crippen MR) is 72.1 cm³/mol. The molecule has 0 bridgehead atoms. The number of aromatic amines is 1. The lowest BCUT2D eigenvalue weighted by atomic mass is 10.1. The van der Waals surface area contributed by atoms with Crippen molar-refractivity contribution in [3.8, 4) is 17.0 Å². The van der Waals surface area contributed by atoms with Gasteiger partial charge in [-0.15, -0.1) is 0 Å². The van der Waals surface area contributed by atoms with Crippen molar-refractivity contribution in [1.82, 2.24) is 15.2 Å². The van der Waals surface area contributed by atoms with Crippen molar-refractivity contribution in [2.75, 3.05) is 7.11 Å². The molecule has 3 aromatic rings. The van der Waals surface area contributed by atoms with E-state index in [1.54, 1.807) is 37.7 Å². The number of ether oxygens (including phenoxy) is 1. The highest BCUT2D eigenvalue weighted by Gasteiger charge is 2.09. The van der Waals surface area contributed by atoms with Gasteiger partial charge in [0.2, 0.25) is 0 Å². The number of methoxy groups -OCH3 is 1. The average Bonchev–Trinajstić information content (AvgIpc) is 2.48. The van der Waals surface area contributed by atoms with Crippen LogP contribution in [0.3, 0.4) is 0 Å². The Morgan fingerprint density at radius 1 is 1.21 bits per heavy atom. The van der Waals surface area contributed by atoms with Crippen LogP contribution in [0, 0.1) is 0 Å². The van der Waals surface area contributed by atoms with Crippen molar-refractivity contribution < 1.29 is 4.74 Å². The van der Waals surface area contributed by atoms with Crippen LogP contribution in [0.5, 0.6) is 5.75 Å². The van der Waals surface area contributed by atoms with Crippen molar-refractivity contribution in [3.05, 3.63) is 53.1 Å². The lowest BCUT2D eigenvalue weighted by Gasteiger charge is -2.06. The molecule has 0 amide bonds. The second kappa shape index (κ2) is 4.53. The molecule has 3 rings (SSSR count). The van der Waals surface area contributed by atoms with Gasteiger partial charge in [0.25, 0.3) is 5.56 Å². The van der Waals surface area contributed by atoms with Gasteiger partial charge >= 0.3 is 0 Å². The third kappa shape index (κ3) is 1.95. The quantitative estimate of drug-likeness (QED) is 0.758. The fourth-order valence-corrected chi connectivity index (χ4v) is 1.99. The maximum Gasteiger partial charge on any atom is 0.272 e. The third-order valence-electron chi connectivity index (χ3n) is 2.93. The van der Waals surface area contributed by atoms with Crippen molar-refractivity contribution in [2.24, 2.45) is 0 Å². The van der Waals surface area contributed by atoms with E-state index in [0.717, 1.165) is 10.9 Å². The number of benzene rings is 1. The first-order valence-electron chi connectivity index (χ1n) is 5.76. The van der Waals surface area contributed by atoms with Gasteiger partial charge in [0.1, 0.15) is 11.4 Å². The van der Waals surface area contributed by atoms with Crippen LogP contribution in [0.15, 0.2) is 47.5 Å². The van der Waals surface area contributed by atoms with Crippen LogP contribution in [0.1, 0.15) is 0 Å². The zero-order valence-electron chi connectivity index (χ0n) is 10.3. The molecule has 5 nitrogen and oxygen atoms in total. The van der Waals surface area contributed by atoms with E-state index in [0.29, 0.717) is 16.8 Å². The smallest absolute Gasteiger partial charge is 0.272 e. The minimum atomic E-state index is -0.217. The Kier molecular flexibility index (Phi) is 2.72. The van der Waals surface area contributed by atoms with Gasteiger partial charge in [0.15, 0.2) is 0 Å². The summed E-state index contributed by atoms with van der Waals surface area (Å²) in [5.41, 5.74) is 1.31. The van der Waals surface area contributed by atoms with Gasteiger partial charge in [0.05, 0.1) is 12.5 Å². The first-order valence-corrected chi connectivity index (χ1v) is 5.76. The van der Waals surface area contributed by atoms with E-state index < -0.39 is 0 Å². The number of rotatable bonds is 2. The molecular formula is C14H11N3O2. The van der Waals surface area contributed by atoms with Crippen LogP contribution in [-0.2, 0) is 0 Å². The number of H-pyrrole nitrogens is 1.